The maximum Gasteiger partial charge on any atom is 0.290 e. The molecule has 98 valence electrons. The molecule has 0 unspecified atom stereocenters. The van der Waals surface area contributed by atoms with Crippen LogP contribution in [-0.4, -0.2) is 28.9 Å². The third-order valence-corrected chi connectivity index (χ3v) is 2.96. The Labute approximate surface area is 103 Å². The topological polar surface area (TPSA) is 59.3 Å². The van der Waals surface area contributed by atoms with Crippen LogP contribution in [0.15, 0.2) is 12.1 Å². The molecule has 0 radical (unpaired) electrons. The fourth-order valence-electron chi connectivity index (χ4n) is 2.07. The second kappa shape index (κ2) is 4.47. The van der Waals surface area contributed by atoms with E-state index in [1.165, 1.54) is 24.0 Å². The number of hydrogen-bond donors (Lipinski definition) is 0. The summed E-state index contributed by atoms with van der Waals surface area (Å²) >= 11 is 0. The zero-order chi connectivity index (χ0) is 13.3. The van der Waals surface area contributed by atoms with Gasteiger partial charge < -0.3 is 4.90 Å². The first-order chi connectivity index (χ1) is 8.39. The van der Waals surface area contributed by atoms with E-state index >= 15 is 0 Å². The van der Waals surface area contributed by atoms with Crippen LogP contribution in [0.3, 0.4) is 0 Å². The highest BCUT2D eigenvalue weighted by molar-refractivity contribution is 5.47. The standard InChI is InChI=1S/C11H13F2N3O2/c1-8-9(16(17)18)3-4-10(14-8)15-6-2-5-11(12,13)7-15/h3-4H,2,5-7H2,1H3. The summed E-state index contributed by atoms with van der Waals surface area (Å²) in [5.74, 6) is -2.34. The molecule has 1 fully saturated rings. The second-order valence-corrected chi connectivity index (χ2v) is 4.41. The molecular weight excluding hydrogens is 244 g/mol. The van der Waals surface area contributed by atoms with Crippen molar-refractivity contribution in [2.45, 2.75) is 25.7 Å². The van der Waals surface area contributed by atoms with Gasteiger partial charge in [-0.25, -0.2) is 13.8 Å². The summed E-state index contributed by atoms with van der Waals surface area (Å²) in [7, 11) is 0. The highest BCUT2D eigenvalue weighted by Crippen LogP contribution is 2.30. The smallest absolute Gasteiger partial charge is 0.290 e. The summed E-state index contributed by atoms with van der Waals surface area (Å²) in [4.78, 5) is 15.6. The van der Waals surface area contributed by atoms with E-state index in [-0.39, 0.29) is 24.3 Å². The monoisotopic (exact) mass is 257 g/mol. The molecule has 1 aromatic heterocycles. The minimum atomic E-state index is -2.71. The SMILES string of the molecule is Cc1nc(N2CCCC(F)(F)C2)ccc1[N+](=O)[O-]. The summed E-state index contributed by atoms with van der Waals surface area (Å²) < 4.78 is 26.5. The number of aryl methyl sites for hydroxylation is 1. The van der Waals surface area contributed by atoms with Crippen molar-refractivity contribution in [3.05, 3.63) is 27.9 Å². The predicted octanol–water partition coefficient (Wildman–Crippen LogP) is 2.53. The van der Waals surface area contributed by atoms with Gasteiger partial charge in [-0.2, -0.15) is 0 Å². The third kappa shape index (κ3) is 2.55. The van der Waals surface area contributed by atoms with Crippen molar-refractivity contribution >= 4 is 11.5 Å². The van der Waals surface area contributed by atoms with E-state index in [0.717, 1.165) is 0 Å². The summed E-state index contributed by atoms with van der Waals surface area (Å²) in [6, 6.07) is 2.73. The molecule has 2 heterocycles. The number of hydrogen-bond acceptors (Lipinski definition) is 4. The largest absolute Gasteiger partial charge is 0.351 e. The first-order valence-electron chi connectivity index (χ1n) is 5.64. The molecule has 1 saturated heterocycles. The van der Waals surface area contributed by atoms with Crippen LogP contribution in [0, 0.1) is 17.0 Å². The molecule has 0 amide bonds. The third-order valence-electron chi connectivity index (χ3n) is 2.96. The van der Waals surface area contributed by atoms with Gasteiger partial charge in [-0.3, -0.25) is 10.1 Å². The van der Waals surface area contributed by atoms with Gasteiger partial charge >= 0.3 is 0 Å². The first-order valence-corrected chi connectivity index (χ1v) is 5.64. The molecule has 1 aliphatic rings. The van der Waals surface area contributed by atoms with E-state index in [1.807, 2.05) is 0 Å². The number of alkyl halides is 2. The summed E-state index contributed by atoms with van der Waals surface area (Å²) in [6.45, 7) is 1.63. The average Bonchev–Trinajstić information content (AvgIpc) is 2.27. The summed E-state index contributed by atoms with van der Waals surface area (Å²) in [6.07, 6.45) is 0.278. The molecule has 2 rings (SSSR count). The molecule has 0 saturated carbocycles. The van der Waals surface area contributed by atoms with E-state index in [4.69, 9.17) is 0 Å². The molecule has 1 aromatic rings. The molecule has 0 aromatic carbocycles. The molecule has 0 bridgehead atoms. The quantitative estimate of drug-likeness (QED) is 0.603. The molecule has 0 aliphatic carbocycles. The molecule has 1 aliphatic heterocycles. The van der Waals surface area contributed by atoms with E-state index in [9.17, 15) is 18.9 Å². The zero-order valence-corrected chi connectivity index (χ0v) is 9.90. The van der Waals surface area contributed by atoms with Crippen LogP contribution in [0.5, 0.6) is 0 Å². The zero-order valence-electron chi connectivity index (χ0n) is 9.90. The van der Waals surface area contributed by atoms with Gasteiger partial charge in [0.25, 0.3) is 11.6 Å². The lowest BCUT2D eigenvalue weighted by Gasteiger charge is -2.33. The van der Waals surface area contributed by atoms with Crippen LogP contribution >= 0.6 is 0 Å². The van der Waals surface area contributed by atoms with Crippen molar-refractivity contribution in [2.24, 2.45) is 0 Å². The number of nitrogens with zero attached hydrogens (tertiary/aromatic N) is 3. The Morgan fingerprint density at radius 2 is 2.22 bits per heavy atom. The van der Waals surface area contributed by atoms with Gasteiger partial charge in [0.1, 0.15) is 11.5 Å². The van der Waals surface area contributed by atoms with Crippen molar-refractivity contribution in [1.82, 2.24) is 4.98 Å². The number of nitro groups is 1. The van der Waals surface area contributed by atoms with Crippen LogP contribution in [0.25, 0.3) is 0 Å². The molecule has 0 spiro atoms. The number of piperidine rings is 1. The predicted molar refractivity (Wildman–Crippen MR) is 62.0 cm³/mol. The van der Waals surface area contributed by atoms with E-state index in [0.29, 0.717) is 18.8 Å². The van der Waals surface area contributed by atoms with Gasteiger partial charge in [-0.05, 0) is 19.4 Å². The molecule has 5 nitrogen and oxygen atoms in total. The lowest BCUT2D eigenvalue weighted by atomic mass is 10.1. The maximum absolute atomic E-state index is 13.3. The average molecular weight is 257 g/mol. The van der Waals surface area contributed by atoms with Gasteiger partial charge in [-0.15, -0.1) is 0 Å². The van der Waals surface area contributed by atoms with Crippen molar-refractivity contribution in [1.29, 1.82) is 0 Å². The van der Waals surface area contributed by atoms with Crippen molar-refractivity contribution in [3.8, 4) is 0 Å². The van der Waals surface area contributed by atoms with Gasteiger partial charge in [-0.1, -0.05) is 0 Å². The van der Waals surface area contributed by atoms with Gasteiger partial charge in [0.05, 0.1) is 11.5 Å². The number of pyridine rings is 1. The van der Waals surface area contributed by atoms with E-state index in [1.54, 1.807) is 0 Å². The Bertz CT molecular complexity index is 479. The van der Waals surface area contributed by atoms with Crippen molar-refractivity contribution in [2.75, 3.05) is 18.0 Å². The summed E-state index contributed by atoms with van der Waals surface area (Å²) in [5.41, 5.74) is 0.147. The van der Waals surface area contributed by atoms with Gasteiger partial charge in [0.15, 0.2) is 0 Å². The van der Waals surface area contributed by atoms with Crippen LogP contribution in [-0.2, 0) is 0 Å². The van der Waals surface area contributed by atoms with Gasteiger partial charge in [0, 0.05) is 19.0 Å². The normalized spacial score (nSPS) is 18.7. The lowest BCUT2D eigenvalue weighted by Crippen LogP contribution is -2.43. The van der Waals surface area contributed by atoms with E-state index < -0.39 is 10.8 Å². The first kappa shape index (κ1) is 12.7. The molecular formula is C11H13F2N3O2. The fraction of sp³-hybridized carbons (Fsp3) is 0.545. The lowest BCUT2D eigenvalue weighted by molar-refractivity contribution is -0.385. The maximum atomic E-state index is 13.3. The minimum Gasteiger partial charge on any atom is -0.351 e. The van der Waals surface area contributed by atoms with Crippen molar-refractivity contribution in [3.63, 3.8) is 0 Å². The van der Waals surface area contributed by atoms with Crippen molar-refractivity contribution < 1.29 is 13.7 Å². The number of aromatic nitrogens is 1. The highest BCUT2D eigenvalue weighted by Gasteiger charge is 2.35. The highest BCUT2D eigenvalue weighted by atomic mass is 19.3. The minimum absolute atomic E-state index is 0.0949. The Hall–Kier alpha value is -1.79. The Morgan fingerprint density at radius 3 is 2.78 bits per heavy atom. The van der Waals surface area contributed by atoms with Crippen LogP contribution < -0.4 is 4.90 Å². The van der Waals surface area contributed by atoms with Crippen LogP contribution in [0.4, 0.5) is 20.3 Å². The Balaban J connectivity index is 2.24. The fourth-order valence-corrected chi connectivity index (χ4v) is 2.07. The molecule has 18 heavy (non-hydrogen) atoms. The number of anilines is 1. The second-order valence-electron chi connectivity index (χ2n) is 4.41. The summed E-state index contributed by atoms with van der Waals surface area (Å²) in [5, 5.41) is 10.6. The number of halogens is 2. The van der Waals surface area contributed by atoms with E-state index in [2.05, 4.69) is 4.98 Å². The number of rotatable bonds is 2. The Morgan fingerprint density at radius 1 is 1.50 bits per heavy atom. The van der Waals surface area contributed by atoms with Crippen LogP contribution in [0.1, 0.15) is 18.5 Å². The molecule has 7 heteroatoms. The van der Waals surface area contributed by atoms with Gasteiger partial charge in [0.2, 0.25) is 0 Å². The van der Waals surface area contributed by atoms with Crippen LogP contribution in [0.2, 0.25) is 0 Å². The molecule has 0 N–H and O–H groups in total. The molecule has 0 atom stereocenters. The Kier molecular flexibility index (Phi) is 3.14.